The van der Waals surface area contributed by atoms with Crippen molar-refractivity contribution in [3.63, 3.8) is 0 Å². The van der Waals surface area contributed by atoms with Crippen molar-refractivity contribution in [3.05, 3.63) is 35.4 Å². The van der Waals surface area contributed by atoms with Crippen LogP contribution in [0.5, 0.6) is 0 Å². The van der Waals surface area contributed by atoms with Crippen LogP contribution in [0, 0.1) is 11.8 Å². The summed E-state index contributed by atoms with van der Waals surface area (Å²) >= 11 is 5.45. The number of likely N-dealkylation sites (tertiary alicyclic amines) is 1. The third-order valence-electron chi connectivity index (χ3n) is 6.54. The Morgan fingerprint density at radius 1 is 1.28 bits per heavy atom. The highest BCUT2D eigenvalue weighted by atomic mass is 32.1. The van der Waals surface area contributed by atoms with Gasteiger partial charge in [0, 0.05) is 24.4 Å². The summed E-state index contributed by atoms with van der Waals surface area (Å²) in [6.45, 7) is 1.03. The van der Waals surface area contributed by atoms with Gasteiger partial charge in [0.15, 0.2) is 0 Å². The van der Waals surface area contributed by atoms with Crippen LogP contribution in [0.15, 0.2) is 29.4 Å². The molecule has 1 unspecified atom stereocenters. The molecule has 2 fully saturated rings. The molecular weight excluding hydrogens is 386 g/mol. The van der Waals surface area contributed by atoms with E-state index in [-0.39, 0.29) is 17.7 Å². The number of ketones is 1. The lowest BCUT2D eigenvalue weighted by atomic mass is 9.89. The summed E-state index contributed by atoms with van der Waals surface area (Å²) in [7, 11) is 0. The van der Waals surface area contributed by atoms with Crippen LogP contribution in [0.1, 0.15) is 36.8 Å². The molecule has 0 aromatic heterocycles. The van der Waals surface area contributed by atoms with Crippen LogP contribution in [0.3, 0.4) is 0 Å². The second-order valence-electron chi connectivity index (χ2n) is 8.36. The summed E-state index contributed by atoms with van der Waals surface area (Å²) in [6, 6.07) is 7.67. The van der Waals surface area contributed by atoms with Gasteiger partial charge in [-0.1, -0.05) is 41.6 Å². The van der Waals surface area contributed by atoms with Crippen LogP contribution >= 0.6 is 12.2 Å². The highest BCUT2D eigenvalue weighted by molar-refractivity contribution is 7.80. The van der Waals surface area contributed by atoms with Crippen LogP contribution in [0.25, 0.3) is 0 Å². The normalized spacial score (nSPS) is 27.1. The molecule has 0 saturated carbocycles. The number of fused-ring (bicyclic) bond motifs is 1. The van der Waals surface area contributed by atoms with Crippen LogP contribution in [-0.4, -0.2) is 58.0 Å². The number of carbonyl (C=O) groups is 2. The number of nitrogens with one attached hydrogen (secondary N) is 1. The molecule has 2 saturated heterocycles. The Labute approximate surface area is 176 Å². The Bertz CT molecular complexity index is 815. The first kappa shape index (κ1) is 20.2. The Morgan fingerprint density at radius 2 is 2.00 bits per heavy atom. The number of hydrogen-bond donors (Lipinski definition) is 2. The van der Waals surface area contributed by atoms with E-state index >= 15 is 0 Å². The van der Waals surface area contributed by atoms with Crippen LogP contribution in [0.4, 0.5) is 0 Å². The van der Waals surface area contributed by atoms with Gasteiger partial charge in [-0.3, -0.25) is 9.59 Å². The van der Waals surface area contributed by atoms with Gasteiger partial charge in [-0.15, -0.1) is 0 Å². The van der Waals surface area contributed by atoms with Gasteiger partial charge in [0.25, 0.3) is 0 Å². The van der Waals surface area contributed by atoms with Gasteiger partial charge < -0.3 is 15.4 Å². The SMILES string of the molecule is O=C(CCC1Cc2ccccc2C1)C1C(=S)CN[C@@H]1C(=O)N1CCC[C@H]1C=NO. The monoisotopic (exact) mass is 413 g/mol. The minimum atomic E-state index is -0.594. The van der Waals surface area contributed by atoms with E-state index in [2.05, 4.69) is 34.7 Å². The number of hydrogen-bond acceptors (Lipinski definition) is 6. The predicted molar refractivity (Wildman–Crippen MR) is 114 cm³/mol. The molecule has 2 aliphatic heterocycles. The number of nitrogens with zero attached hydrogens (tertiary/aromatic N) is 2. The van der Waals surface area contributed by atoms with Gasteiger partial charge in [0.1, 0.15) is 11.8 Å². The van der Waals surface area contributed by atoms with Gasteiger partial charge in [-0.2, -0.15) is 0 Å². The first-order chi connectivity index (χ1) is 14.1. The van der Waals surface area contributed by atoms with E-state index in [4.69, 9.17) is 17.4 Å². The molecule has 29 heavy (non-hydrogen) atoms. The molecule has 2 N–H and O–H groups in total. The number of oxime groups is 1. The number of carbonyl (C=O) groups excluding carboxylic acids is 2. The predicted octanol–water partition coefficient (Wildman–Crippen LogP) is 2.16. The number of rotatable bonds is 6. The Balaban J connectivity index is 1.38. The lowest BCUT2D eigenvalue weighted by Crippen LogP contribution is -2.50. The molecule has 0 spiro atoms. The van der Waals surface area contributed by atoms with E-state index in [0.29, 0.717) is 30.3 Å². The Morgan fingerprint density at radius 3 is 2.69 bits per heavy atom. The number of amides is 1. The number of thiocarbonyl (C=S) groups is 1. The summed E-state index contributed by atoms with van der Waals surface area (Å²) < 4.78 is 0. The van der Waals surface area contributed by atoms with Crippen molar-refractivity contribution in [2.75, 3.05) is 13.1 Å². The molecule has 1 aromatic carbocycles. The average Bonchev–Trinajstić information content (AvgIpc) is 3.43. The zero-order chi connectivity index (χ0) is 20.4. The van der Waals surface area contributed by atoms with Gasteiger partial charge >= 0.3 is 0 Å². The molecule has 3 atom stereocenters. The first-order valence-corrected chi connectivity index (χ1v) is 10.8. The van der Waals surface area contributed by atoms with Crippen molar-refractivity contribution in [3.8, 4) is 0 Å². The molecule has 3 aliphatic rings. The third-order valence-corrected chi connectivity index (χ3v) is 6.94. The molecule has 2 heterocycles. The second kappa shape index (κ2) is 8.71. The van der Waals surface area contributed by atoms with Crippen molar-refractivity contribution in [2.45, 2.75) is 50.6 Å². The van der Waals surface area contributed by atoms with Crippen molar-refractivity contribution >= 4 is 35.0 Å². The maximum Gasteiger partial charge on any atom is 0.241 e. The molecular formula is C22H27N3O3S. The summed E-state index contributed by atoms with van der Waals surface area (Å²) in [5, 5.41) is 15.1. The lowest BCUT2D eigenvalue weighted by molar-refractivity contribution is -0.136. The standard InChI is InChI=1S/C22H27N3O3S/c26-18(8-7-14-10-15-4-1-2-5-16(15)11-14)20-19(29)13-23-21(20)22(27)25-9-3-6-17(25)12-24-28/h1-2,4-5,12,14,17,20-21,23,28H,3,6-11,13H2/t17-,20?,21-/m0/s1. The number of Topliss-reactive ketones (excluding diaryl/α,β-unsaturated/α-hetero) is 1. The molecule has 0 bridgehead atoms. The van der Waals surface area contributed by atoms with Crippen LogP contribution < -0.4 is 5.32 Å². The minimum absolute atomic E-state index is 0.0703. The smallest absolute Gasteiger partial charge is 0.241 e. The fraction of sp³-hybridized carbons (Fsp3) is 0.545. The quantitative estimate of drug-likeness (QED) is 0.323. The molecule has 1 amide bonds. The average molecular weight is 414 g/mol. The van der Waals surface area contributed by atoms with Gasteiger partial charge in [-0.05, 0) is 49.1 Å². The Hall–Kier alpha value is -2.12. The molecule has 154 valence electrons. The van der Waals surface area contributed by atoms with E-state index in [1.165, 1.54) is 17.3 Å². The topological polar surface area (TPSA) is 82.0 Å². The second-order valence-corrected chi connectivity index (χ2v) is 8.88. The van der Waals surface area contributed by atoms with Crippen molar-refractivity contribution in [2.24, 2.45) is 17.0 Å². The van der Waals surface area contributed by atoms with E-state index in [1.54, 1.807) is 4.90 Å². The van der Waals surface area contributed by atoms with E-state index in [0.717, 1.165) is 32.1 Å². The Kier molecular flexibility index (Phi) is 6.06. The maximum absolute atomic E-state index is 13.1. The summed E-state index contributed by atoms with van der Waals surface area (Å²) in [5.74, 6) is -0.0921. The highest BCUT2D eigenvalue weighted by Crippen LogP contribution is 2.31. The van der Waals surface area contributed by atoms with Crippen molar-refractivity contribution < 1.29 is 14.8 Å². The molecule has 6 nitrogen and oxygen atoms in total. The maximum atomic E-state index is 13.1. The fourth-order valence-corrected chi connectivity index (χ4v) is 5.40. The van der Waals surface area contributed by atoms with Crippen molar-refractivity contribution in [1.82, 2.24) is 10.2 Å². The number of benzene rings is 1. The molecule has 0 radical (unpaired) electrons. The fourth-order valence-electron chi connectivity index (χ4n) is 5.05. The largest absolute Gasteiger partial charge is 0.411 e. The first-order valence-electron chi connectivity index (χ1n) is 10.4. The molecule has 1 aliphatic carbocycles. The third kappa shape index (κ3) is 4.12. The van der Waals surface area contributed by atoms with Gasteiger partial charge in [0.05, 0.1) is 18.2 Å². The highest BCUT2D eigenvalue weighted by Gasteiger charge is 2.44. The molecule has 4 rings (SSSR count). The zero-order valence-electron chi connectivity index (χ0n) is 16.4. The summed E-state index contributed by atoms with van der Waals surface area (Å²) in [6.07, 6.45) is 6.36. The molecule has 1 aromatic rings. The lowest BCUT2D eigenvalue weighted by Gasteiger charge is -2.27. The van der Waals surface area contributed by atoms with Crippen LogP contribution in [0.2, 0.25) is 0 Å². The summed E-state index contributed by atoms with van der Waals surface area (Å²) in [5.41, 5.74) is 2.78. The van der Waals surface area contributed by atoms with E-state index in [1.807, 2.05) is 0 Å². The van der Waals surface area contributed by atoms with E-state index < -0.39 is 12.0 Å². The van der Waals surface area contributed by atoms with E-state index in [9.17, 15) is 9.59 Å². The molecule has 7 heteroatoms. The van der Waals surface area contributed by atoms with Gasteiger partial charge in [0.2, 0.25) is 5.91 Å². The minimum Gasteiger partial charge on any atom is -0.411 e. The zero-order valence-corrected chi connectivity index (χ0v) is 17.2. The summed E-state index contributed by atoms with van der Waals surface area (Å²) in [4.78, 5) is 28.5. The van der Waals surface area contributed by atoms with Crippen molar-refractivity contribution in [1.29, 1.82) is 0 Å². The van der Waals surface area contributed by atoms with Gasteiger partial charge in [-0.25, -0.2) is 0 Å². The van der Waals surface area contributed by atoms with Crippen LogP contribution in [-0.2, 0) is 22.4 Å².